The van der Waals surface area contributed by atoms with Gasteiger partial charge < -0.3 is 14.5 Å². The van der Waals surface area contributed by atoms with Gasteiger partial charge in [0.15, 0.2) is 5.78 Å². The Balaban J connectivity index is 0.000000343. The first kappa shape index (κ1) is 30.6. The Hall–Kier alpha value is -2.82. The summed E-state index contributed by atoms with van der Waals surface area (Å²) in [5.74, 6) is 0.286. The third kappa shape index (κ3) is 7.57. The number of benzene rings is 1. The fourth-order valence-corrected chi connectivity index (χ4v) is 4.53. The van der Waals surface area contributed by atoms with Gasteiger partial charge in [0.25, 0.3) is 0 Å². The number of aromatic nitrogens is 2. The van der Waals surface area contributed by atoms with E-state index in [1.54, 1.807) is 12.3 Å². The molecule has 0 saturated carbocycles. The van der Waals surface area contributed by atoms with E-state index in [1.165, 1.54) is 12.1 Å². The van der Waals surface area contributed by atoms with Crippen molar-refractivity contribution < 1.29 is 38.5 Å². The second kappa shape index (κ2) is 14.1. The number of hydrogen-bond acceptors (Lipinski definition) is 5. The van der Waals surface area contributed by atoms with Gasteiger partial charge in [0.1, 0.15) is 5.76 Å². The number of allylic oxidation sites excluding steroid dienone is 2. The van der Waals surface area contributed by atoms with Crippen molar-refractivity contribution in [1.82, 2.24) is 9.97 Å². The summed E-state index contributed by atoms with van der Waals surface area (Å²) in [6.45, 7) is 16.3. The molecule has 4 aromatic rings. The molecule has 1 aromatic carbocycles. The summed E-state index contributed by atoms with van der Waals surface area (Å²) in [6.07, 6.45) is 6.54. The Labute approximate surface area is 269 Å². The molecule has 0 fully saturated rings. The van der Waals surface area contributed by atoms with E-state index in [2.05, 4.69) is 36.8 Å². The number of furan rings is 1. The van der Waals surface area contributed by atoms with Gasteiger partial charge in [-0.1, -0.05) is 79.3 Å². The number of carbonyl (C=O) groups is 1. The van der Waals surface area contributed by atoms with Crippen LogP contribution in [0.2, 0.25) is 0 Å². The molecule has 0 unspecified atom stereocenters. The molecule has 0 atom stereocenters. The van der Waals surface area contributed by atoms with Crippen molar-refractivity contribution in [3.8, 4) is 11.3 Å². The number of nitrogens with zero attached hydrogens (tertiary/aromatic N) is 2. The smallest absolute Gasteiger partial charge is 0.216 e. The maximum absolute atomic E-state index is 12.2. The van der Waals surface area contributed by atoms with Crippen molar-refractivity contribution in [3.63, 3.8) is 0 Å². The van der Waals surface area contributed by atoms with Gasteiger partial charge in [-0.05, 0) is 67.4 Å². The van der Waals surface area contributed by atoms with E-state index < -0.39 is 6.85 Å². The molecule has 3 aromatic heterocycles. The molecule has 0 amide bonds. The fraction of sp³-hybridized carbons (Fsp3) is 0.472. The van der Waals surface area contributed by atoms with Crippen LogP contribution in [-0.2, 0) is 30.3 Å². The van der Waals surface area contributed by atoms with Crippen LogP contribution in [-0.4, -0.2) is 20.9 Å². The molecule has 0 bridgehead atoms. The Bertz CT molecular complexity index is 1640. The van der Waals surface area contributed by atoms with E-state index in [4.69, 9.17) is 8.53 Å². The molecule has 0 aliphatic rings. The second-order valence-corrected chi connectivity index (χ2v) is 12.4. The Kier molecular flexibility index (Phi) is 10.3. The number of aliphatic hydroxyl groups excluding tert-OH is 1. The Morgan fingerprint density at radius 3 is 2.19 bits per heavy atom. The number of carbonyl (C=O) groups excluding carboxylic acids is 1. The monoisotopic (exact) mass is 751 g/mol. The summed E-state index contributed by atoms with van der Waals surface area (Å²) < 4.78 is 28.6. The molecule has 3 heterocycles. The topological polar surface area (TPSA) is 76.2 Å². The van der Waals surface area contributed by atoms with E-state index in [0.29, 0.717) is 11.3 Å². The maximum atomic E-state index is 12.2. The summed E-state index contributed by atoms with van der Waals surface area (Å²) in [6, 6.07) is 14.3. The van der Waals surface area contributed by atoms with E-state index >= 15 is 0 Å². The number of hydrogen-bond donors (Lipinski definition) is 1. The van der Waals surface area contributed by atoms with Crippen LogP contribution in [0.3, 0.4) is 0 Å². The molecule has 0 saturated heterocycles. The zero-order valence-electron chi connectivity index (χ0n) is 29.4. The molecule has 42 heavy (non-hydrogen) atoms. The summed E-state index contributed by atoms with van der Waals surface area (Å²) in [4.78, 5) is 20.9. The molecule has 229 valence electrons. The van der Waals surface area contributed by atoms with Gasteiger partial charge in [-0.3, -0.25) is 4.79 Å². The van der Waals surface area contributed by atoms with E-state index in [9.17, 15) is 9.90 Å². The molecule has 1 radical (unpaired) electrons. The molecular formula is C36H47IrN2O3-. The maximum Gasteiger partial charge on any atom is 0.216 e. The largest absolute Gasteiger partial charge is 0.512 e. The average Bonchev–Trinajstić information content (AvgIpc) is 3.38. The molecule has 6 heteroatoms. The van der Waals surface area contributed by atoms with E-state index in [1.807, 2.05) is 65.8 Å². The van der Waals surface area contributed by atoms with E-state index in [0.717, 1.165) is 53.3 Å². The van der Waals surface area contributed by atoms with Gasteiger partial charge in [-0.25, -0.2) is 4.98 Å². The van der Waals surface area contributed by atoms with Crippen molar-refractivity contribution in [2.24, 2.45) is 10.8 Å². The first-order valence-electron chi connectivity index (χ1n) is 16.1. The Morgan fingerprint density at radius 2 is 1.62 bits per heavy atom. The summed E-state index contributed by atoms with van der Waals surface area (Å²) in [5.41, 5.74) is 3.01. The van der Waals surface area contributed by atoms with Gasteiger partial charge in [0, 0.05) is 58.4 Å². The number of fused-ring (bicyclic) bond motifs is 3. The SMILES string of the molecule is CCC(C)(CC)C(=O)/C=C(\O)C(C)(CC)CC.[2H]C([2H])([2H])c1ccc2c(n1)oc1c(-c3cc(C(C)(C)C)ccn3)[c-]ccc12.[Ir]. The first-order valence-corrected chi connectivity index (χ1v) is 14.6. The summed E-state index contributed by atoms with van der Waals surface area (Å²) in [5, 5.41) is 11.8. The average molecular weight is 751 g/mol. The minimum atomic E-state index is -2.27. The first-order chi connectivity index (χ1) is 20.4. The minimum Gasteiger partial charge on any atom is -0.512 e. The molecule has 5 nitrogen and oxygen atoms in total. The van der Waals surface area contributed by atoms with Gasteiger partial charge in [-0.15, -0.1) is 18.2 Å². The molecule has 0 aliphatic heterocycles. The normalized spacial score (nSPS) is 13.9. The van der Waals surface area contributed by atoms with E-state index in [-0.39, 0.29) is 53.6 Å². The fourth-order valence-electron chi connectivity index (χ4n) is 4.53. The van der Waals surface area contributed by atoms with Crippen molar-refractivity contribution in [3.05, 3.63) is 71.8 Å². The minimum absolute atomic E-state index is 0. The van der Waals surface area contributed by atoms with Crippen LogP contribution >= 0.6 is 0 Å². The van der Waals surface area contributed by atoms with Crippen molar-refractivity contribution in [1.29, 1.82) is 0 Å². The number of ketones is 1. The van der Waals surface area contributed by atoms with Crippen LogP contribution < -0.4 is 0 Å². The van der Waals surface area contributed by atoms with Crippen LogP contribution in [0.1, 0.15) is 103 Å². The summed E-state index contributed by atoms with van der Waals surface area (Å²) in [7, 11) is 0. The van der Waals surface area contributed by atoms with Gasteiger partial charge in [0.05, 0.1) is 5.58 Å². The number of pyridine rings is 2. The number of rotatable bonds is 8. The number of aliphatic hydroxyl groups is 1. The third-order valence-electron chi connectivity index (χ3n) is 8.78. The van der Waals surface area contributed by atoms with Crippen LogP contribution in [0.15, 0.2) is 58.8 Å². The summed E-state index contributed by atoms with van der Waals surface area (Å²) >= 11 is 0. The molecule has 0 spiro atoms. The van der Waals surface area contributed by atoms with Crippen LogP contribution in [0, 0.1) is 23.7 Å². The van der Waals surface area contributed by atoms with Crippen molar-refractivity contribution in [2.45, 2.75) is 100 Å². The van der Waals surface area contributed by atoms with Crippen LogP contribution in [0.25, 0.3) is 33.3 Å². The van der Waals surface area contributed by atoms with Gasteiger partial charge >= 0.3 is 0 Å². The predicted octanol–water partition coefficient (Wildman–Crippen LogP) is 10.1. The molecule has 1 N–H and O–H groups in total. The second-order valence-electron chi connectivity index (χ2n) is 12.4. The molecule has 0 aliphatic carbocycles. The van der Waals surface area contributed by atoms with Crippen LogP contribution in [0.5, 0.6) is 0 Å². The third-order valence-corrected chi connectivity index (χ3v) is 8.78. The Morgan fingerprint density at radius 1 is 0.976 bits per heavy atom. The quantitative estimate of drug-likeness (QED) is 0.110. The molecular weight excluding hydrogens is 701 g/mol. The zero-order valence-corrected chi connectivity index (χ0v) is 28.8. The van der Waals surface area contributed by atoms with Crippen molar-refractivity contribution in [2.75, 3.05) is 0 Å². The van der Waals surface area contributed by atoms with Gasteiger partial charge in [-0.2, -0.15) is 0 Å². The standard InChI is InChI=1S/C21H19N2O.C15H28O2.Ir/c1-13-8-9-16-15-6-5-7-17(19(15)24-20(16)23-13)18-12-14(10-11-22-18)21(2,3)4;1-7-14(5,8-2)12(16)11-13(17)15(6,9-3)10-4;/h5-6,8-12H,1-4H3;11,16H,7-10H2,1-6H3;/q-1;;/b;12-11-;/i1D3;;. The predicted molar refractivity (Wildman–Crippen MR) is 170 cm³/mol. The molecule has 4 rings (SSSR count). The van der Waals surface area contributed by atoms with Gasteiger partial charge in [0.2, 0.25) is 5.71 Å². The van der Waals surface area contributed by atoms with Crippen molar-refractivity contribution >= 4 is 27.9 Å². The number of aryl methyl sites for hydroxylation is 1. The zero-order chi connectivity index (χ0) is 33.1. The van der Waals surface area contributed by atoms with Crippen LogP contribution in [0.4, 0.5) is 0 Å².